The van der Waals surface area contributed by atoms with Gasteiger partial charge in [0, 0.05) is 12.2 Å². The maximum atomic E-state index is 4.62. The fourth-order valence-electron chi connectivity index (χ4n) is 2.34. The molecule has 2 heterocycles. The Labute approximate surface area is 98.2 Å². The highest BCUT2D eigenvalue weighted by Crippen LogP contribution is 2.16. The Morgan fingerprint density at radius 1 is 1.50 bits per heavy atom. The van der Waals surface area contributed by atoms with Crippen LogP contribution in [0.2, 0.25) is 0 Å². The molecule has 0 bridgehead atoms. The molecule has 0 aliphatic carbocycles. The van der Waals surface area contributed by atoms with Crippen molar-refractivity contribution in [3.8, 4) is 0 Å². The van der Waals surface area contributed by atoms with Gasteiger partial charge < -0.3 is 5.32 Å². The Kier molecular flexibility index (Phi) is 3.99. The summed E-state index contributed by atoms with van der Waals surface area (Å²) in [6.07, 6.45) is 7.28. The summed E-state index contributed by atoms with van der Waals surface area (Å²) in [5, 5.41) is 8.14. The van der Waals surface area contributed by atoms with Gasteiger partial charge in [-0.3, -0.25) is 4.68 Å². The van der Waals surface area contributed by atoms with Crippen LogP contribution in [0.15, 0.2) is 12.3 Å². The zero-order valence-electron chi connectivity index (χ0n) is 10.4. The average Bonchev–Trinajstić information content (AvgIpc) is 2.56. The van der Waals surface area contributed by atoms with E-state index in [4.69, 9.17) is 0 Å². The highest BCUT2D eigenvalue weighted by Gasteiger charge is 2.14. The molecular formula is C13H23N3. The topological polar surface area (TPSA) is 29.9 Å². The van der Waals surface area contributed by atoms with Crippen molar-refractivity contribution in [1.29, 1.82) is 0 Å². The van der Waals surface area contributed by atoms with Crippen LogP contribution in [0.3, 0.4) is 0 Å². The minimum absolute atomic E-state index is 0.473. The van der Waals surface area contributed by atoms with Crippen molar-refractivity contribution < 1.29 is 0 Å². The molecule has 1 N–H and O–H groups in total. The molecule has 0 aromatic carbocycles. The van der Waals surface area contributed by atoms with Crippen molar-refractivity contribution in [3.05, 3.63) is 18.0 Å². The molecule has 1 atom stereocenters. The summed E-state index contributed by atoms with van der Waals surface area (Å²) in [5.41, 5.74) is 1.25. The summed E-state index contributed by atoms with van der Waals surface area (Å²) in [6, 6.07) is 2.64. The van der Waals surface area contributed by atoms with Crippen LogP contribution in [0.5, 0.6) is 0 Å². The number of aromatic nitrogens is 2. The highest BCUT2D eigenvalue weighted by atomic mass is 15.3. The first kappa shape index (κ1) is 11.6. The molecule has 3 nitrogen and oxygen atoms in total. The van der Waals surface area contributed by atoms with Gasteiger partial charge in [-0.15, -0.1) is 0 Å². The maximum Gasteiger partial charge on any atom is 0.0627 e. The van der Waals surface area contributed by atoms with E-state index in [-0.39, 0.29) is 0 Å². The van der Waals surface area contributed by atoms with E-state index in [0.29, 0.717) is 6.04 Å². The van der Waals surface area contributed by atoms with Crippen molar-refractivity contribution in [2.75, 3.05) is 13.1 Å². The third-order valence-corrected chi connectivity index (χ3v) is 3.34. The van der Waals surface area contributed by atoms with Crippen molar-refractivity contribution in [3.63, 3.8) is 0 Å². The normalized spacial score (nSPS) is 22.3. The molecule has 0 amide bonds. The minimum atomic E-state index is 0.473. The minimum Gasteiger partial charge on any atom is -0.316 e. The Morgan fingerprint density at radius 3 is 3.12 bits per heavy atom. The van der Waals surface area contributed by atoms with E-state index in [1.807, 2.05) is 0 Å². The lowest BCUT2D eigenvalue weighted by Gasteiger charge is -2.12. The lowest BCUT2D eigenvalue weighted by atomic mass is 9.98. The number of nitrogens with zero attached hydrogens (tertiary/aromatic N) is 2. The second-order valence-corrected chi connectivity index (χ2v) is 5.15. The van der Waals surface area contributed by atoms with Gasteiger partial charge in [0.25, 0.3) is 0 Å². The van der Waals surface area contributed by atoms with Crippen molar-refractivity contribution in [2.45, 2.75) is 45.6 Å². The molecule has 1 aliphatic rings. The van der Waals surface area contributed by atoms with Crippen LogP contribution in [0.4, 0.5) is 0 Å². The molecule has 0 spiro atoms. The van der Waals surface area contributed by atoms with Gasteiger partial charge in [0.1, 0.15) is 0 Å². The van der Waals surface area contributed by atoms with Crippen LogP contribution in [0, 0.1) is 5.92 Å². The first-order valence-corrected chi connectivity index (χ1v) is 6.50. The lowest BCUT2D eigenvalue weighted by Crippen LogP contribution is -2.22. The number of hydrogen-bond donors (Lipinski definition) is 1. The van der Waals surface area contributed by atoms with Gasteiger partial charge in [-0.25, -0.2) is 0 Å². The highest BCUT2D eigenvalue weighted by molar-refractivity contribution is 5.01. The third-order valence-electron chi connectivity index (χ3n) is 3.34. The molecule has 1 aliphatic heterocycles. The Bertz CT molecular complexity index is 309. The van der Waals surface area contributed by atoms with E-state index < -0.39 is 0 Å². The Hall–Kier alpha value is -0.830. The SMILES string of the molecule is CC(C)n1ccc(CC2CCCCNC2)n1. The summed E-state index contributed by atoms with van der Waals surface area (Å²) in [7, 11) is 0. The van der Waals surface area contributed by atoms with Gasteiger partial charge in [-0.05, 0) is 58.2 Å². The molecular weight excluding hydrogens is 198 g/mol. The first-order valence-electron chi connectivity index (χ1n) is 6.50. The fourth-order valence-corrected chi connectivity index (χ4v) is 2.34. The largest absolute Gasteiger partial charge is 0.316 e. The maximum absolute atomic E-state index is 4.62. The lowest BCUT2D eigenvalue weighted by molar-refractivity contribution is 0.462. The first-order chi connectivity index (χ1) is 7.75. The quantitative estimate of drug-likeness (QED) is 0.849. The molecule has 1 aromatic heterocycles. The summed E-state index contributed by atoms with van der Waals surface area (Å²) in [4.78, 5) is 0. The van der Waals surface area contributed by atoms with Crippen molar-refractivity contribution in [2.24, 2.45) is 5.92 Å². The van der Waals surface area contributed by atoms with Crippen LogP contribution in [0.25, 0.3) is 0 Å². The predicted molar refractivity (Wildman–Crippen MR) is 66.5 cm³/mol. The van der Waals surface area contributed by atoms with Crippen LogP contribution in [-0.2, 0) is 6.42 Å². The molecule has 1 unspecified atom stereocenters. The Balaban J connectivity index is 1.91. The molecule has 2 rings (SSSR count). The smallest absolute Gasteiger partial charge is 0.0627 e. The van der Waals surface area contributed by atoms with Gasteiger partial charge in [-0.2, -0.15) is 5.10 Å². The number of hydrogen-bond acceptors (Lipinski definition) is 2. The molecule has 90 valence electrons. The van der Waals surface area contributed by atoms with Crippen LogP contribution in [0.1, 0.15) is 44.8 Å². The molecule has 16 heavy (non-hydrogen) atoms. The van der Waals surface area contributed by atoms with E-state index in [9.17, 15) is 0 Å². The number of rotatable bonds is 3. The zero-order chi connectivity index (χ0) is 11.4. The van der Waals surface area contributed by atoms with Gasteiger partial charge in [0.2, 0.25) is 0 Å². The van der Waals surface area contributed by atoms with Gasteiger partial charge >= 0.3 is 0 Å². The summed E-state index contributed by atoms with van der Waals surface area (Å²) < 4.78 is 2.06. The van der Waals surface area contributed by atoms with Crippen molar-refractivity contribution >= 4 is 0 Å². The van der Waals surface area contributed by atoms with Crippen molar-refractivity contribution in [1.82, 2.24) is 15.1 Å². The molecule has 1 saturated heterocycles. The van der Waals surface area contributed by atoms with Crippen LogP contribution < -0.4 is 5.32 Å². The summed E-state index contributed by atoms with van der Waals surface area (Å²) in [6.45, 7) is 6.69. The predicted octanol–water partition coefficient (Wildman–Crippen LogP) is 2.40. The molecule has 1 aromatic rings. The zero-order valence-corrected chi connectivity index (χ0v) is 10.4. The van der Waals surface area contributed by atoms with E-state index >= 15 is 0 Å². The second kappa shape index (κ2) is 5.48. The van der Waals surface area contributed by atoms with Crippen LogP contribution >= 0.6 is 0 Å². The Morgan fingerprint density at radius 2 is 2.38 bits per heavy atom. The fraction of sp³-hybridized carbons (Fsp3) is 0.769. The van der Waals surface area contributed by atoms with E-state index in [1.165, 1.54) is 31.5 Å². The van der Waals surface area contributed by atoms with Gasteiger partial charge in [-0.1, -0.05) is 6.42 Å². The van der Waals surface area contributed by atoms with Crippen LogP contribution in [-0.4, -0.2) is 22.9 Å². The van der Waals surface area contributed by atoms with E-state index in [1.54, 1.807) is 0 Å². The molecule has 0 saturated carbocycles. The van der Waals surface area contributed by atoms with Gasteiger partial charge in [0.05, 0.1) is 5.69 Å². The standard InChI is InChI=1S/C13H23N3/c1-11(2)16-8-6-13(15-16)9-12-5-3-4-7-14-10-12/h6,8,11-12,14H,3-5,7,9-10H2,1-2H3. The number of nitrogens with one attached hydrogen (secondary N) is 1. The molecule has 1 fully saturated rings. The third kappa shape index (κ3) is 3.08. The molecule has 0 radical (unpaired) electrons. The summed E-state index contributed by atoms with van der Waals surface area (Å²) in [5.74, 6) is 0.776. The van der Waals surface area contributed by atoms with Gasteiger partial charge in [0.15, 0.2) is 0 Å². The average molecular weight is 221 g/mol. The second-order valence-electron chi connectivity index (χ2n) is 5.15. The van der Waals surface area contributed by atoms with E-state index in [0.717, 1.165) is 18.9 Å². The monoisotopic (exact) mass is 221 g/mol. The summed E-state index contributed by atoms with van der Waals surface area (Å²) >= 11 is 0. The molecule has 3 heteroatoms. The van der Waals surface area contributed by atoms with E-state index in [2.05, 4.69) is 41.2 Å².